The van der Waals surface area contributed by atoms with Gasteiger partial charge in [-0.3, -0.25) is 14.5 Å². The Kier molecular flexibility index (Phi) is 5.99. The number of carbonyl (C=O) groups excluding carboxylic acids is 2. The molecule has 0 radical (unpaired) electrons. The number of rotatable bonds is 7. The molecule has 2 amide bonds. The van der Waals surface area contributed by atoms with Gasteiger partial charge in [-0.15, -0.1) is 0 Å². The Bertz CT molecular complexity index is 600. The average molecular weight is 332 g/mol. The van der Waals surface area contributed by atoms with E-state index in [9.17, 15) is 9.59 Å². The number of para-hydroxylation sites is 1. The van der Waals surface area contributed by atoms with E-state index in [2.05, 4.69) is 5.32 Å². The van der Waals surface area contributed by atoms with E-state index in [1.807, 2.05) is 52.0 Å². The van der Waals surface area contributed by atoms with Gasteiger partial charge in [-0.05, 0) is 52.2 Å². The highest BCUT2D eigenvalue weighted by Crippen LogP contribution is 2.36. The molecule has 1 saturated heterocycles. The number of benzene rings is 1. The van der Waals surface area contributed by atoms with E-state index >= 15 is 0 Å². The van der Waals surface area contributed by atoms with Crippen molar-refractivity contribution in [2.24, 2.45) is 0 Å². The molecule has 5 heteroatoms. The summed E-state index contributed by atoms with van der Waals surface area (Å²) in [5, 5.41) is 2.97. The number of anilines is 1. The Labute approximate surface area is 144 Å². The Balaban J connectivity index is 2.05. The van der Waals surface area contributed by atoms with Crippen LogP contribution < -0.4 is 10.2 Å². The second-order valence-electron chi connectivity index (χ2n) is 6.82. The van der Waals surface area contributed by atoms with Gasteiger partial charge in [-0.25, -0.2) is 0 Å². The van der Waals surface area contributed by atoms with Gasteiger partial charge in [-0.2, -0.15) is 0 Å². The summed E-state index contributed by atoms with van der Waals surface area (Å²) in [6.45, 7) is 8.96. The SMILES string of the molecule is Cc1ccccc1N1C(=O)CC[C@]1(C)C(=O)NCCCOC(C)C. The summed E-state index contributed by atoms with van der Waals surface area (Å²) in [6.07, 6.45) is 1.89. The lowest BCUT2D eigenvalue weighted by molar-refractivity contribution is -0.127. The number of hydrogen-bond acceptors (Lipinski definition) is 3. The minimum absolute atomic E-state index is 0.00471. The van der Waals surface area contributed by atoms with E-state index in [-0.39, 0.29) is 17.9 Å². The van der Waals surface area contributed by atoms with E-state index < -0.39 is 5.54 Å². The van der Waals surface area contributed by atoms with Gasteiger partial charge in [0, 0.05) is 25.3 Å². The van der Waals surface area contributed by atoms with E-state index in [0.717, 1.165) is 17.7 Å². The molecule has 0 aliphatic carbocycles. The van der Waals surface area contributed by atoms with Crippen molar-refractivity contribution in [3.05, 3.63) is 29.8 Å². The first-order valence-electron chi connectivity index (χ1n) is 8.65. The summed E-state index contributed by atoms with van der Waals surface area (Å²) in [7, 11) is 0. The minimum atomic E-state index is -0.831. The van der Waals surface area contributed by atoms with E-state index in [1.165, 1.54) is 0 Å². The van der Waals surface area contributed by atoms with Crippen molar-refractivity contribution in [3.63, 3.8) is 0 Å². The zero-order valence-corrected chi connectivity index (χ0v) is 15.1. The molecule has 1 aromatic rings. The first-order valence-corrected chi connectivity index (χ1v) is 8.65. The number of amides is 2. The van der Waals surface area contributed by atoms with Gasteiger partial charge < -0.3 is 10.1 Å². The van der Waals surface area contributed by atoms with Gasteiger partial charge in [-0.1, -0.05) is 18.2 Å². The molecule has 24 heavy (non-hydrogen) atoms. The maximum absolute atomic E-state index is 12.8. The number of ether oxygens (including phenoxy) is 1. The molecule has 0 bridgehead atoms. The fourth-order valence-corrected chi connectivity index (χ4v) is 3.06. The molecule has 1 aliphatic heterocycles. The third-order valence-electron chi connectivity index (χ3n) is 4.47. The number of nitrogens with one attached hydrogen (secondary N) is 1. The van der Waals surface area contributed by atoms with Gasteiger partial charge in [0.15, 0.2) is 0 Å². The van der Waals surface area contributed by atoms with Crippen molar-refractivity contribution in [1.29, 1.82) is 0 Å². The maximum Gasteiger partial charge on any atom is 0.246 e. The smallest absolute Gasteiger partial charge is 0.246 e. The largest absolute Gasteiger partial charge is 0.379 e. The Morgan fingerprint density at radius 3 is 2.75 bits per heavy atom. The summed E-state index contributed by atoms with van der Waals surface area (Å²) in [4.78, 5) is 26.9. The minimum Gasteiger partial charge on any atom is -0.379 e. The molecule has 0 spiro atoms. The summed E-state index contributed by atoms with van der Waals surface area (Å²) in [5.41, 5.74) is 0.986. The monoisotopic (exact) mass is 332 g/mol. The topological polar surface area (TPSA) is 58.6 Å². The highest BCUT2D eigenvalue weighted by molar-refractivity contribution is 6.06. The Morgan fingerprint density at radius 2 is 2.08 bits per heavy atom. The van der Waals surface area contributed by atoms with Gasteiger partial charge >= 0.3 is 0 Å². The first kappa shape index (κ1) is 18.5. The molecule has 0 saturated carbocycles. The maximum atomic E-state index is 12.8. The lowest BCUT2D eigenvalue weighted by atomic mass is 9.96. The summed E-state index contributed by atoms with van der Waals surface area (Å²) >= 11 is 0. The third-order valence-corrected chi connectivity index (χ3v) is 4.47. The fourth-order valence-electron chi connectivity index (χ4n) is 3.06. The standard InChI is InChI=1S/C19H28N2O3/c1-14(2)24-13-7-12-20-18(23)19(4)11-10-17(22)21(19)16-9-6-5-8-15(16)3/h5-6,8-9,14H,7,10-13H2,1-4H3,(H,20,23)/t19-/m1/s1. The van der Waals surface area contributed by atoms with Crippen LogP contribution >= 0.6 is 0 Å². The number of hydrogen-bond donors (Lipinski definition) is 1. The van der Waals surface area contributed by atoms with Crippen LogP contribution in [-0.2, 0) is 14.3 Å². The summed E-state index contributed by atoms with van der Waals surface area (Å²) < 4.78 is 5.48. The predicted octanol–water partition coefficient (Wildman–Crippen LogP) is 2.81. The highest BCUT2D eigenvalue weighted by atomic mass is 16.5. The van der Waals surface area contributed by atoms with Crippen molar-refractivity contribution in [1.82, 2.24) is 5.32 Å². The van der Waals surface area contributed by atoms with Gasteiger partial charge in [0.05, 0.1) is 6.10 Å². The zero-order chi connectivity index (χ0) is 17.7. The molecular weight excluding hydrogens is 304 g/mol. The molecule has 1 N–H and O–H groups in total. The predicted molar refractivity (Wildman–Crippen MR) is 95.0 cm³/mol. The van der Waals surface area contributed by atoms with Crippen LogP contribution in [0.4, 0.5) is 5.69 Å². The zero-order valence-electron chi connectivity index (χ0n) is 15.1. The van der Waals surface area contributed by atoms with Crippen molar-refractivity contribution in [3.8, 4) is 0 Å². The Hall–Kier alpha value is -1.88. The van der Waals surface area contributed by atoms with Crippen molar-refractivity contribution < 1.29 is 14.3 Å². The molecule has 5 nitrogen and oxygen atoms in total. The van der Waals surface area contributed by atoms with Gasteiger partial charge in [0.25, 0.3) is 0 Å². The van der Waals surface area contributed by atoms with Gasteiger partial charge in [0.2, 0.25) is 11.8 Å². The van der Waals surface area contributed by atoms with E-state index in [1.54, 1.807) is 4.90 Å². The first-order chi connectivity index (χ1) is 11.4. The van der Waals surface area contributed by atoms with Crippen LogP contribution in [0.15, 0.2) is 24.3 Å². The molecule has 132 valence electrons. The van der Waals surface area contributed by atoms with Gasteiger partial charge in [0.1, 0.15) is 5.54 Å². The van der Waals surface area contributed by atoms with Crippen molar-refractivity contribution in [2.75, 3.05) is 18.1 Å². The molecule has 1 fully saturated rings. The molecule has 1 aromatic carbocycles. The van der Waals surface area contributed by atoms with Crippen LogP contribution in [0.2, 0.25) is 0 Å². The van der Waals surface area contributed by atoms with E-state index in [0.29, 0.717) is 26.0 Å². The number of carbonyl (C=O) groups is 2. The number of aryl methyl sites for hydroxylation is 1. The highest BCUT2D eigenvalue weighted by Gasteiger charge is 2.48. The van der Waals surface area contributed by atoms with Crippen LogP contribution in [-0.4, -0.2) is 36.6 Å². The summed E-state index contributed by atoms with van der Waals surface area (Å²) in [6, 6.07) is 7.70. The summed E-state index contributed by atoms with van der Waals surface area (Å²) in [5.74, 6) is -0.0914. The quantitative estimate of drug-likeness (QED) is 0.781. The molecule has 1 atom stereocenters. The molecular formula is C19H28N2O3. The normalized spacial score (nSPS) is 20.7. The lowest BCUT2D eigenvalue weighted by Gasteiger charge is -2.34. The second kappa shape index (κ2) is 7.79. The Morgan fingerprint density at radius 1 is 1.38 bits per heavy atom. The van der Waals surface area contributed by atoms with Crippen molar-refractivity contribution >= 4 is 17.5 Å². The number of nitrogens with zero attached hydrogens (tertiary/aromatic N) is 1. The molecule has 0 aromatic heterocycles. The second-order valence-corrected chi connectivity index (χ2v) is 6.82. The van der Waals surface area contributed by atoms with Crippen LogP contribution in [0.5, 0.6) is 0 Å². The fraction of sp³-hybridized carbons (Fsp3) is 0.579. The lowest BCUT2D eigenvalue weighted by Crippen LogP contribution is -2.55. The third kappa shape index (κ3) is 3.96. The molecule has 0 unspecified atom stereocenters. The molecule has 1 heterocycles. The molecule has 1 aliphatic rings. The van der Waals surface area contributed by atoms with Crippen LogP contribution in [0.25, 0.3) is 0 Å². The van der Waals surface area contributed by atoms with Crippen LogP contribution in [0.3, 0.4) is 0 Å². The average Bonchev–Trinajstić information content (AvgIpc) is 2.84. The van der Waals surface area contributed by atoms with Crippen LogP contribution in [0, 0.1) is 6.92 Å². The van der Waals surface area contributed by atoms with E-state index in [4.69, 9.17) is 4.74 Å². The van der Waals surface area contributed by atoms with Crippen molar-refractivity contribution in [2.45, 2.75) is 58.6 Å². The molecule has 2 rings (SSSR count). The van der Waals surface area contributed by atoms with Crippen LogP contribution in [0.1, 0.15) is 45.6 Å².